The first-order valence-electron chi connectivity index (χ1n) is 12.4. The summed E-state index contributed by atoms with van der Waals surface area (Å²) in [5, 5.41) is 68.1. The van der Waals surface area contributed by atoms with Gasteiger partial charge < -0.3 is 50.7 Å². The topological polar surface area (TPSA) is 198 Å². The zero-order valence-corrected chi connectivity index (χ0v) is 21.5. The van der Waals surface area contributed by atoms with Crippen LogP contribution in [0.4, 0.5) is 0 Å². The lowest BCUT2D eigenvalue weighted by Crippen LogP contribution is -2.66. The van der Waals surface area contributed by atoms with Crippen LogP contribution in [0.25, 0.3) is 0 Å². The Morgan fingerprint density at radius 1 is 0.641 bits per heavy atom. The van der Waals surface area contributed by atoms with E-state index in [1.807, 2.05) is 0 Å². The summed E-state index contributed by atoms with van der Waals surface area (Å²) in [6.45, 7) is -1.27. The van der Waals surface area contributed by atoms with Crippen molar-refractivity contribution in [1.82, 2.24) is 10.6 Å². The molecular weight excluding hydrogens is 532 g/mol. The number of ether oxygens (including phenoxy) is 2. The molecule has 0 radical (unpaired) electrons. The molecule has 8 N–H and O–H groups in total. The maximum atomic E-state index is 12.7. The highest BCUT2D eigenvalue weighted by Gasteiger charge is 2.50. The van der Waals surface area contributed by atoms with Crippen LogP contribution in [0, 0.1) is 0 Å². The minimum atomic E-state index is -1.52. The summed E-state index contributed by atoms with van der Waals surface area (Å²) < 4.78 is 11.3. The Morgan fingerprint density at radius 2 is 1.00 bits per heavy atom. The van der Waals surface area contributed by atoms with E-state index in [1.54, 1.807) is 60.7 Å². The van der Waals surface area contributed by atoms with Crippen molar-refractivity contribution in [3.05, 3.63) is 71.8 Å². The van der Waals surface area contributed by atoms with E-state index in [4.69, 9.17) is 9.47 Å². The van der Waals surface area contributed by atoms with Crippen molar-refractivity contribution in [2.45, 2.75) is 59.6 Å². The molecule has 7 unspecified atom stereocenters. The van der Waals surface area contributed by atoms with Crippen molar-refractivity contribution in [3.8, 4) is 0 Å². The van der Waals surface area contributed by atoms with E-state index >= 15 is 0 Å². The molecule has 4 rings (SSSR count). The number of carbonyl (C=O) groups excluding carboxylic acids is 2. The van der Waals surface area contributed by atoms with Crippen molar-refractivity contribution >= 4 is 23.6 Å². The smallest absolute Gasteiger partial charge is 0.251 e. The number of carbonyl (C=O) groups is 2. The Balaban J connectivity index is 1.51. The standard InChI is InChI=1S/C26H32N2O10S/c29-11-15-19(31)17(27-23(35)13-7-3-1-4-8-13)21(33)25(37-15)39-26-22(34)18(20(32)16(12-30)38-26)28-24(36)14-9-5-2-6-10-14/h1-10,15-22,25-26,29-34H,11-12H2,(H,27,35)(H,28,36)/t15?,16?,17?,18?,19-,20-,21?,22?,25-,26?/m0/s1. The Labute approximate surface area is 228 Å². The second kappa shape index (κ2) is 13.2. The van der Waals surface area contributed by atoms with Gasteiger partial charge in [-0.3, -0.25) is 9.59 Å². The molecule has 2 aliphatic rings. The minimum Gasteiger partial charge on any atom is -0.394 e. The first kappa shape index (κ1) is 29.4. The molecule has 212 valence electrons. The summed E-state index contributed by atoms with van der Waals surface area (Å²) in [7, 11) is 0. The summed E-state index contributed by atoms with van der Waals surface area (Å²) >= 11 is 0.762. The molecule has 10 atom stereocenters. The van der Waals surface area contributed by atoms with Crippen molar-refractivity contribution in [3.63, 3.8) is 0 Å². The molecule has 2 amide bonds. The second-order valence-corrected chi connectivity index (χ2v) is 10.5. The van der Waals surface area contributed by atoms with Gasteiger partial charge in [-0.15, -0.1) is 0 Å². The minimum absolute atomic E-state index is 0.288. The van der Waals surface area contributed by atoms with E-state index in [2.05, 4.69) is 10.6 Å². The van der Waals surface area contributed by atoms with Gasteiger partial charge in [0.05, 0.1) is 25.3 Å². The van der Waals surface area contributed by atoms with Crippen molar-refractivity contribution < 1.29 is 49.7 Å². The lowest BCUT2D eigenvalue weighted by atomic mass is 9.96. The van der Waals surface area contributed by atoms with Crippen LogP contribution in [0.15, 0.2) is 60.7 Å². The van der Waals surface area contributed by atoms with Gasteiger partial charge in [-0.1, -0.05) is 48.2 Å². The third-order valence-corrected chi connectivity index (χ3v) is 8.02. The number of nitrogens with one attached hydrogen (secondary N) is 2. The van der Waals surface area contributed by atoms with E-state index in [1.165, 1.54) is 0 Å². The van der Waals surface area contributed by atoms with Gasteiger partial charge in [-0.25, -0.2) is 0 Å². The number of thioether (sulfide) groups is 1. The molecule has 2 aromatic carbocycles. The fraction of sp³-hybridized carbons (Fsp3) is 0.462. The predicted molar refractivity (Wildman–Crippen MR) is 139 cm³/mol. The van der Waals surface area contributed by atoms with Gasteiger partial charge in [0.15, 0.2) is 0 Å². The Morgan fingerprint density at radius 3 is 1.33 bits per heavy atom. The first-order valence-corrected chi connectivity index (χ1v) is 13.3. The number of hydrogen-bond donors (Lipinski definition) is 8. The highest BCUT2D eigenvalue weighted by molar-refractivity contribution is 8.00. The van der Waals surface area contributed by atoms with Crippen molar-refractivity contribution in [2.75, 3.05) is 13.2 Å². The van der Waals surface area contributed by atoms with E-state index < -0.39 is 84.6 Å². The number of benzene rings is 2. The number of aliphatic hydroxyl groups excluding tert-OH is 6. The lowest BCUT2D eigenvalue weighted by molar-refractivity contribution is -0.175. The highest BCUT2D eigenvalue weighted by atomic mass is 32.2. The Kier molecular flexibility index (Phi) is 9.93. The lowest BCUT2D eigenvalue weighted by Gasteiger charge is -2.46. The van der Waals surface area contributed by atoms with E-state index in [-0.39, 0.29) is 11.1 Å². The molecule has 0 bridgehead atoms. The van der Waals surface area contributed by atoms with Gasteiger partial charge in [0.25, 0.3) is 11.8 Å². The molecule has 39 heavy (non-hydrogen) atoms. The monoisotopic (exact) mass is 564 g/mol. The largest absolute Gasteiger partial charge is 0.394 e. The summed E-state index contributed by atoms with van der Waals surface area (Å²) in [4.78, 5) is 25.4. The van der Waals surface area contributed by atoms with Crippen LogP contribution in [0.3, 0.4) is 0 Å². The molecule has 0 aromatic heterocycles. The average Bonchev–Trinajstić information content (AvgIpc) is 2.96. The van der Waals surface area contributed by atoms with Gasteiger partial charge in [0, 0.05) is 11.1 Å². The van der Waals surface area contributed by atoms with E-state index in [0.29, 0.717) is 0 Å². The van der Waals surface area contributed by atoms with Crippen molar-refractivity contribution in [1.29, 1.82) is 0 Å². The number of amides is 2. The molecule has 2 aromatic rings. The van der Waals surface area contributed by atoms with Crippen LogP contribution >= 0.6 is 11.8 Å². The Bertz CT molecular complexity index is 1010. The van der Waals surface area contributed by atoms with Crippen LogP contribution in [-0.4, -0.2) is 115 Å². The van der Waals surface area contributed by atoms with Crippen LogP contribution in [0.5, 0.6) is 0 Å². The predicted octanol–water partition coefficient (Wildman–Crippen LogP) is -1.81. The van der Waals surface area contributed by atoms with Crippen LogP contribution in [0.1, 0.15) is 20.7 Å². The average molecular weight is 565 g/mol. The zero-order chi connectivity index (χ0) is 28.1. The summed E-state index contributed by atoms with van der Waals surface area (Å²) in [6.07, 6.45) is -8.35. The molecule has 2 fully saturated rings. The molecule has 0 spiro atoms. The molecule has 0 aliphatic carbocycles. The summed E-state index contributed by atoms with van der Waals surface area (Å²) in [6, 6.07) is 13.8. The van der Waals surface area contributed by atoms with Gasteiger partial charge in [0.2, 0.25) is 0 Å². The number of rotatable bonds is 8. The Hall–Kier alpha value is -2.59. The van der Waals surface area contributed by atoms with E-state index in [0.717, 1.165) is 11.8 Å². The van der Waals surface area contributed by atoms with Crippen LogP contribution in [0.2, 0.25) is 0 Å². The quantitative estimate of drug-likeness (QED) is 0.180. The van der Waals surface area contributed by atoms with Crippen LogP contribution < -0.4 is 10.6 Å². The first-order chi connectivity index (χ1) is 18.7. The fourth-order valence-corrected chi connectivity index (χ4v) is 5.86. The van der Waals surface area contributed by atoms with Crippen LogP contribution in [-0.2, 0) is 9.47 Å². The molecular formula is C26H32N2O10S. The molecule has 2 aliphatic heterocycles. The zero-order valence-electron chi connectivity index (χ0n) is 20.7. The second-order valence-electron chi connectivity index (χ2n) is 9.28. The number of hydrogen-bond acceptors (Lipinski definition) is 11. The van der Waals surface area contributed by atoms with E-state index in [9.17, 15) is 40.2 Å². The summed E-state index contributed by atoms with van der Waals surface area (Å²) in [5.74, 6) is -1.13. The SMILES string of the molecule is O=C(NC1C(O)C(S[C@@H]2OC(CO)[C@H](O)C(NC(=O)c3ccccc3)C2O)OC(CO)[C@@H]1O)c1ccccc1. The fourth-order valence-electron chi connectivity index (χ4n) is 4.52. The highest BCUT2D eigenvalue weighted by Crippen LogP contribution is 2.36. The van der Waals surface area contributed by atoms with Gasteiger partial charge in [-0.2, -0.15) is 0 Å². The third kappa shape index (κ3) is 6.60. The molecule has 12 nitrogen and oxygen atoms in total. The van der Waals surface area contributed by atoms with Gasteiger partial charge >= 0.3 is 0 Å². The molecule has 13 heteroatoms. The van der Waals surface area contributed by atoms with Gasteiger partial charge in [-0.05, 0) is 24.3 Å². The van der Waals surface area contributed by atoms with Gasteiger partial charge in [0.1, 0.15) is 47.5 Å². The molecule has 2 saturated heterocycles. The maximum absolute atomic E-state index is 12.7. The maximum Gasteiger partial charge on any atom is 0.251 e. The summed E-state index contributed by atoms with van der Waals surface area (Å²) in [5.41, 5.74) is -1.88. The third-order valence-electron chi connectivity index (χ3n) is 6.70. The molecule has 0 saturated carbocycles. The number of aliphatic hydroxyl groups is 6. The molecule has 2 heterocycles. The normalized spacial score (nSPS) is 34.7. The van der Waals surface area contributed by atoms with Crippen molar-refractivity contribution in [2.24, 2.45) is 0 Å².